The van der Waals surface area contributed by atoms with Gasteiger partial charge in [0.25, 0.3) is 5.91 Å². The van der Waals surface area contributed by atoms with E-state index >= 15 is 0 Å². The van der Waals surface area contributed by atoms with Crippen molar-refractivity contribution in [3.05, 3.63) is 42.4 Å². The largest absolute Gasteiger partial charge is 0.477 e. The lowest BCUT2D eigenvalue weighted by Gasteiger charge is -2.17. The maximum atomic E-state index is 12.7. The van der Waals surface area contributed by atoms with Gasteiger partial charge in [0.1, 0.15) is 23.4 Å². The SMILES string of the molecule is C[C@H]1CCCOc2ncc(N)cc2C(=O)Nc2cccc(n2)-c2nncn21. The smallest absolute Gasteiger partial charge is 0.262 e. The van der Waals surface area contributed by atoms with Gasteiger partial charge in [0.2, 0.25) is 5.88 Å². The van der Waals surface area contributed by atoms with E-state index in [0.29, 0.717) is 29.6 Å². The van der Waals surface area contributed by atoms with Gasteiger partial charge >= 0.3 is 0 Å². The molecule has 0 aromatic carbocycles. The third-order valence-electron chi connectivity index (χ3n) is 4.39. The fraction of sp³-hybridized carbons (Fsp3) is 0.278. The highest BCUT2D eigenvalue weighted by Gasteiger charge is 2.19. The van der Waals surface area contributed by atoms with Crippen LogP contribution >= 0.6 is 0 Å². The molecule has 138 valence electrons. The van der Waals surface area contributed by atoms with Crippen LogP contribution in [0.5, 0.6) is 5.88 Å². The minimum absolute atomic E-state index is 0.167. The molecule has 1 atom stereocenters. The number of nitrogens with two attached hydrogens (primary N) is 1. The predicted octanol–water partition coefficient (Wildman–Crippen LogP) is 2.30. The summed E-state index contributed by atoms with van der Waals surface area (Å²) < 4.78 is 7.72. The summed E-state index contributed by atoms with van der Waals surface area (Å²) in [4.78, 5) is 21.4. The predicted molar refractivity (Wildman–Crippen MR) is 99.3 cm³/mol. The van der Waals surface area contributed by atoms with E-state index < -0.39 is 0 Å². The first-order valence-electron chi connectivity index (χ1n) is 8.68. The van der Waals surface area contributed by atoms with E-state index in [-0.39, 0.29) is 23.4 Å². The number of nitrogens with one attached hydrogen (secondary N) is 1. The second kappa shape index (κ2) is 7.02. The van der Waals surface area contributed by atoms with E-state index in [9.17, 15) is 4.79 Å². The van der Waals surface area contributed by atoms with Gasteiger partial charge in [0.15, 0.2) is 5.82 Å². The van der Waals surface area contributed by atoms with Crippen molar-refractivity contribution in [2.75, 3.05) is 17.7 Å². The quantitative estimate of drug-likeness (QED) is 0.627. The molecule has 1 aliphatic rings. The van der Waals surface area contributed by atoms with Crippen LogP contribution in [0.3, 0.4) is 0 Å². The van der Waals surface area contributed by atoms with Crippen LogP contribution in [0.25, 0.3) is 11.5 Å². The lowest BCUT2D eigenvalue weighted by Crippen LogP contribution is -2.17. The summed E-state index contributed by atoms with van der Waals surface area (Å²) in [5.74, 6) is 0.918. The molecule has 4 rings (SSSR count). The molecule has 0 saturated heterocycles. The van der Waals surface area contributed by atoms with Crippen molar-refractivity contribution in [1.82, 2.24) is 24.7 Å². The van der Waals surface area contributed by atoms with Gasteiger partial charge < -0.3 is 20.4 Å². The Morgan fingerprint density at radius 3 is 3.15 bits per heavy atom. The Morgan fingerprint density at radius 2 is 2.26 bits per heavy atom. The van der Waals surface area contributed by atoms with Crippen LogP contribution in [0.2, 0.25) is 0 Å². The van der Waals surface area contributed by atoms with Crippen molar-refractivity contribution in [3.63, 3.8) is 0 Å². The van der Waals surface area contributed by atoms with E-state index in [2.05, 4.69) is 32.4 Å². The number of aromatic nitrogens is 5. The number of hydrogen-bond acceptors (Lipinski definition) is 7. The van der Waals surface area contributed by atoms with E-state index in [0.717, 1.165) is 12.8 Å². The molecule has 0 fully saturated rings. The maximum Gasteiger partial charge on any atom is 0.262 e. The molecular weight excluding hydrogens is 346 g/mol. The van der Waals surface area contributed by atoms with Crippen LogP contribution < -0.4 is 15.8 Å². The number of ether oxygens (including phenoxy) is 1. The number of carbonyl (C=O) groups excluding carboxylic acids is 1. The normalized spacial score (nSPS) is 17.1. The zero-order valence-corrected chi connectivity index (χ0v) is 14.8. The zero-order chi connectivity index (χ0) is 18.8. The van der Waals surface area contributed by atoms with Crippen molar-refractivity contribution >= 4 is 17.4 Å². The minimum Gasteiger partial charge on any atom is -0.477 e. The monoisotopic (exact) mass is 365 g/mol. The zero-order valence-electron chi connectivity index (χ0n) is 14.8. The lowest BCUT2D eigenvalue weighted by atomic mass is 10.1. The minimum atomic E-state index is -0.388. The Labute approximate surface area is 155 Å². The molecule has 0 unspecified atom stereocenters. The topological polar surface area (TPSA) is 121 Å². The molecular formula is C18H19N7O2. The molecule has 3 aromatic heterocycles. The summed E-state index contributed by atoms with van der Waals surface area (Å²) in [7, 11) is 0. The average Bonchev–Trinajstić information content (AvgIpc) is 3.15. The number of amides is 1. The van der Waals surface area contributed by atoms with Crippen molar-refractivity contribution in [2.45, 2.75) is 25.8 Å². The number of pyridine rings is 2. The lowest BCUT2D eigenvalue weighted by molar-refractivity contribution is 0.102. The molecule has 3 aromatic rings. The van der Waals surface area contributed by atoms with Crippen LogP contribution in [0.15, 0.2) is 36.8 Å². The molecule has 1 aliphatic heterocycles. The Hall–Kier alpha value is -3.49. The number of rotatable bonds is 0. The average molecular weight is 365 g/mol. The van der Waals surface area contributed by atoms with E-state index in [1.807, 2.05) is 16.7 Å². The summed E-state index contributed by atoms with van der Waals surface area (Å²) in [6.45, 7) is 2.53. The van der Waals surface area contributed by atoms with Crippen LogP contribution in [0.1, 0.15) is 36.2 Å². The molecule has 27 heavy (non-hydrogen) atoms. The number of nitrogen functional groups attached to an aromatic ring is 1. The Balaban J connectivity index is 1.77. The van der Waals surface area contributed by atoms with Gasteiger partial charge in [-0.2, -0.15) is 0 Å². The van der Waals surface area contributed by atoms with Gasteiger partial charge in [-0.3, -0.25) is 4.79 Å². The molecule has 4 heterocycles. The van der Waals surface area contributed by atoms with Crippen LogP contribution in [0.4, 0.5) is 11.5 Å². The molecule has 0 radical (unpaired) electrons. The highest BCUT2D eigenvalue weighted by atomic mass is 16.5. The summed E-state index contributed by atoms with van der Waals surface area (Å²) in [6, 6.07) is 7.07. The molecule has 0 aliphatic carbocycles. The van der Waals surface area contributed by atoms with Gasteiger partial charge in [-0.25, -0.2) is 9.97 Å². The summed E-state index contributed by atoms with van der Waals surface area (Å²) >= 11 is 0. The van der Waals surface area contributed by atoms with Crippen LogP contribution in [-0.4, -0.2) is 37.2 Å². The fourth-order valence-corrected chi connectivity index (χ4v) is 2.99. The van der Waals surface area contributed by atoms with E-state index in [1.165, 1.54) is 6.20 Å². The van der Waals surface area contributed by atoms with Crippen molar-refractivity contribution < 1.29 is 9.53 Å². The Bertz CT molecular complexity index is 985. The van der Waals surface area contributed by atoms with Crippen molar-refractivity contribution in [3.8, 4) is 17.4 Å². The molecule has 0 spiro atoms. The number of fused-ring (bicyclic) bond motifs is 5. The highest BCUT2D eigenvalue weighted by Crippen LogP contribution is 2.25. The highest BCUT2D eigenvalue weighted by molar-refractivity contribution is 6.05. The van der Waals surface area contributed by atoms with Crippen LogP contribution in [0, 0.1) is 0 Å². The Kier molecular flexibility index (Phi) is 4.41. The fourth-order valence-electron chi connectivity index (χ4n) is 2.99. The third kappa shape index (κ3) is 3.43. The van der Waals surface area contributed by atoms with Gasteiger partial charge in [0.05, 0.1) is 18.5 Å². The molecule has 9 heteroatoms. The standard InChI is InChI=1S/C18H19N7O2/c1-11-4-3-7-27-18-13(8-12(19)9-20-18)17(26)23-15-6-2-5-14(22-15)16-24-21-10-25(11)16/h2,5-6,8-11H,3-4,7,19H2,1H3,(H,22,23,26)/t11-/m0/s1. The van der Waals surface area contributed by atoms with Gasteiger partial charge in [0, 0.05) is 6.04 Å². The summed E-state index contributed by atoms with van der Waals surface area (Å²) in [5, 5.41) is 11.0. The molecule has 2 bridgehead atoms. The van der Waals surface area contributed by atoms with E-state index in [4.69, 9.17) is 10.5 Å². The Morgan fingerprint density at radius 1 is 1.37 bits per heavy atom. The maximum absolute atomic E-state index is 12.7. The number of anilines is 2. The molecule has 9 nitrogen and oxygen atoms in total. The third-order valence-corrected chi connectivity index (χ3v) is 4.39. The van der Waals surface area contributed by atoms with Gasteiger partial charge in [-0.1, -0.05) is 6.07 Å². The molecule has 3 N–H and O–H groups in total. The van der Waals surface area contributed by atoms with Crippen molar-refractivity contribution in [2.24, 2.45) is 0 Å². The molecule has 0 saturated carbocycles. The first kappa shape index (κ1) is 17.0. The number of hydrogen-bond donors (Lipinski definition) is 2. The van der Waals surface area contributed by atoms with Crippen molar-refractivity contribution in [1.29, 1.82) is 0 Å². The van der Waals surface area contributed by atoms with Crippen LogP contribution in [-0.2, 0) is 0 Å². The summed E-state index contributed by atoms with van der Waals surface area (Å²) in [5.41, 5.74) is 7.09. The van der Waals surface area contributed by atoms with Gasteiger partial charge in [-0.15, -0.1) is 10.2 Å². The summed E-state index contributed by atoms with van der Waals surface area (Å²) in [6.07, 6.45) is 4.79. The van der Waals surface area contributed by atoms with Gasteiger partial charge in [-0.05, 0) is 38.0 Å². The number of nitrogens with zero attached hydrogens (tertiary/aromatic N) is 5. The van der Waals surface area contributed by atoms with E-state index in [1.54, 1.807) is 18.5 Å². The molecule has 1 amide bonds. The first-order valence-corrected chi connectivity index (χ1v) is 8.68. The second-order valence-corrected chi connectivity index (χ2v) is 6.39. The first-order chi connectivity index (χ1) is 13.1. The number of carbonyl (C=O) groups is 1. The second-order valence-electron chi connectivity index (χ2n) is 6.39.